The second-order valence-electron chi connectivity index (χ2n) is 28.4. The molecule has 7 N–H and O–H groups in total. The summed E-state index contributed by atoms with van der Waals surface area (Å²) in [5.41, 5.74) is 12.3. The van der Waals surface area contributed by atoms with Crippen LogP contribution >= 0.6 is 0 Å². The molecule has 33 nitrogen and oxygen atoms in total. The quantitative estimate of drug-likeness (QED) is 0.0266. The highest BCUT2D eigenvalue weighted by molar-refractivity contribution is 7.90. The summed E-state index contributed by atoms with van der Waals surface area (Å²) in [6.45, 7) is 17.6. The fourth-order valence-electron chi connectivity index (χ4n) is 14.6. The van der Waals surface area contributed by atoms with E-state index in [9.17, 15) is 31.6 Å². The highest BCUT2D eigenvalue weighted by Crippen LogP contribution is 2.41. The van der Waals surface area contributed by atoms with Gasteiger partial charge in [-0.25, -0.2) is 66.8 Å². The van der Waals surface area contributed by atoms with E-state index in [4.69, 9.17) is 23.9 Å². The van der Waals surface area contributed by atoms with E-state index in [1.165, 1.54) is 25.3 Å². The molecule has 2 unspecified atom stereocenters. The highest BCUT2D eigenvalue weighted by Gasteiger charge is 2.36. The number of aryl methyl sites for hydroxylation is 4. The predicted octanol–water partition coefficient (Wildman–Crippen LogP) is 8.06. The van der Waals surface area contributed by atoms with Gasteiger partial charge in [0.1, 0.15) is 39.4 Å². The van der Waals surface area contributed by atoms with Gasteiger partial charge < -0.3 is 55.7 Å². The van der Waals surface area contributed by atoms with E-state index in [1.54, 1.807) is 67.8 Å². The molecule has 604 valence electrons. The summed E-state index contributed by atoms with van der Waals surface area (Å²) in [5.74, 6) is 1.65. The molecule has 36 heteroatoms. The third kappa shape index (κ3) is 18.6. The molecule has 3 saturated heterocycles. The Bertz CT molecular complexity index is 5310. The van der Waals surface area contributed by atoms with Crippen LogP contribution in [0.1, 0.15) is 88.3 Å². The van der Waals surface area contributed by atoms with Gasteiger partial charge in [-0.05, 0) is 111 Å². The van der Waals surface area contributed by atoms with Crippen LogP contribution in [0.4, 0.5) is 65.9 Å². The molecule has 115 heavy (non-hydrogen) atoms. The topological polar surface area (TPSA) is 371 Å². The molecule has 2 atom stereocenters. The molecule has 9 aromatic rings. The van der Waals surface area contributed by atoms with Crippen LogP contribution in [0.2, 0.25) is 0 Å². The average Bonchev–Trinajstić information content (AvgIpc) is 1.67. The van der Waals surface area contributed by atoms with E-state index in [-0.39, 0.29) is 53.2 Å². The van der Waals surface area contributed by atoms with Crippen LogP contribution in [0, 0.1) is 25.5 Å². The van der Waals surface area contributed by atoms with Gasteiger partial charge in [-0.2, -0.15) is 0 Å². The van der Waals surface area contributed by atoms with Gasteiger partial charge in [0.15, 0.2) is 21.5 Å². The van der Waals surface area contributed by atoms with Gasteiger partial charge in [0.2, 0.25) is 29.7 Å². The summed E-state index contributed by atoms with van der Waals surface area (Å²) < 4.78 is 77.7. The molecule has 8 aromatic heterocycles. The van der Waals surface area contributed by atoms with Gasteiger partial charge in [0.25, 0.3) is 11.8 Å². The number of likely N-dealkylation sites (N-methyl/N-ethyl adjacent to an activating group) is 1. The van der Waals surface area contributed by atoms with Gasteiger partial charge in [0, 0.05) is 151 Å². The van der Waals surface area contributed by atoms with E-state index in [2.05, 4.69) is 127 Å². The summed E-state index contributed by atoms with van der Waals surface area (Å²) in [7, 11) is 6.59. The van der Waals surface area contributed by atoms with Crippen molar-refractivity contribution in [2.24, 2.45) is 14.1 Å². The molecule has 1 aromatic carbocycles. The van der Waals surface area contributed by atoms with Crippen molar-refractivity contribution < 1.29 is 50.5 Å². The first-order chi connectivity index (χ1) is 55.5. The maximum absolute atomic E-state index is 15.0. The van der Waals surface area contributed by atoms with E-state index in [0.717, 1.165) is 146 Å². The molecular weight excluding hydrogens is 1500 g/mol. The Labute approximate surface area is 664 Å². The Morgan fingerprint density at radius 2 is 1.02 bits per heavy atom. The number of nitrogens with one attached hydrogen (secondary N) is 7. The van der Waals surface area contributed by atoms with Gasteiger partial charge in [0.05, 0.1) is 87.8 Å². The Balaban J connectivity index is 0.000000151. The highest BCUT2D eigenvalue weighted by atomic mass is 32.2. The molecule has 6 aliphatic rings. The van der Waals surface area contributed by atoms with Crippen LogP contribution in [-0.4, -0.2) is 242 Å². The number of amides is 4. The fraction of sp³-hybridized carbons (Fsp3) is 0.392. The zero-order valence-corrected chi connectivity index (χ0v) is 66.8. The first kappa shape index (κ1) is 81.3. The molecule has 15 rings (SSSR count). The van der Waals surface area contributed by atoms with E-state index in [1.807, 2.05) is 64.4 Å². The summed E-state index contributed by atoms with van der Waals surface area (Å²) in [6.07, 6.45) is 23.2. The number of anilines is 9. The molecule has 11 heterocycles. The van der Waals surface area contributed by atoms with Crippen LogP contribution in [0.15, 0.2) is 109 Å². The number of rotatable bonds is 25. The van der Waals surface area contributed by atoms with Crippen molar-refractivity contribution in [2.75, 3.05) is 145 Å². The molecule has 0 radical (unpaired) electrons. The minimum atomic E-state index is -3.74. The average molecular weight is 1590 g/mol. The number of halogens is 2. The Morgan fingerprint density at radius 1 is 0.574 bits per heavy atom. The smallest absolute Gasteiger partial charge is 0.320 e. The first-order valence-corrected chi connectivity index (χ1v) is 39.8. The van der Waals surface area contributed by atoms with Crippen molar-refractivity contribution in [3.05, 3.63) is 177 Å². The SMILES string of the molecule is CCC(C(=O)Nc1nccc2c1CC=C2c1nc(Nc2cn(C)nc2OC)ncc1C)N1CCN(C2COC2)CC1.CCC(C(=O)Nc1nccc2c1CC=C2c1nc(Nc2cn(C)nc2OC)ncc1F)N1CCN(C)CC1.COCCNC(=O)Nc1nccc2c1CC=C2c1nc(Nc2cccc(S(C)(=O)=O)c2F)ncc1C. The van der Waals surface area contributed by atoms with Crippen LogP contribution in [0.3, 0.4) is 0 Å². The second-order valence-corrected chi connectivity index (χ2v) is 30.4. The summed E-state index contributed by atoms with van der Waals surface area (Å²) >= 11 is 0. The zero-order valence-electron chi connectivity index (χ0n) is 66.0. The third-order valence-electron chi connectivity index (χ3n) is 20.7. The summed E-state index contributed by atoms with van der Waals surface area (Å²) in [4.78, 5) is 87.9. The molecule has 4 amide bonds. The number of allylic oxidation sites excluding steroid dienone is 3. The number of urea groups is 1. The van der Waals surface area contributed by atoms with E-state index >= 15 is 0 Å². The zero-order chi connectivity index (χ0) is 81.2. The number of benzene rings is 1. The number of carbonyl (C=O) groups is 3. The minimum absolute atomic E-state index is 0.00241. The number of ether oxygens (including phenoxy) is 4. The number of nitrogens with zero attached hydrogens (tertiary/aromatic N) is 17. The molecule has 3 aliphatic heterocycles. The van der Waals surface area contributed by atoms with E-state index in [0.29, 0.717) is 103 Å². The number of methoxy groups -OCH3 is 3. The Kier molecular flexibility index (Phi) is 25.6. The lowest BCUT2D eigenvalue weighted by Gasteiger charge is -2.44. The fourth-order valence-corrected chi connectivity index (χ4v) is 15.4. The molecule has 3 fully saturated rings. The number of carbonyl (C=O) groups excluding carboxylic acids is 3. The van der Waals surface area contributed by atoms with Gasteiger partial charge in [-0.15, -0.1) is 10.2 Å². The molecule has 0 spiro atoms. The van der Waals surface area contributed by atoms with Crippen molar-refractivity contribution in [1.82, 2.24) is 89.3 Å². The molecular formula is C79H94F2N24O9S. The monoisotopic (exact) mass is 1590 g/mol. The van der Waals surface area contributed by atoms with Crippen molar-refractivity contribution in [3.8, 4) is 11.8 Å². The van der Waals surface area contributed by atoms with Gasteiger partial charge in [-0.3, -0.25) is 39.0 Å². The third-order valence-corrected chi connectivity index (χ3v) is 21.8. The standard InChI is InChI=1S/C29H37N9O3.C26H32FN9O2.C24H25FN6O4S/c1-5-24(38-12-10-37(11-13-38)19-16-41-17-19)27(39)34-26-22-7-6-21(20(22)8-9-30-26)25-18(2)14-31-29(33-25)32-23-15-36(3)35-28(23)40-4;1-5-21(36-12-10-34(2)11-13-36)24(37)32-23-18-7-6-17(16(18)8-9-28-23)22-19(27)14-29-26(31-22)30-20-15-35(3)33-25(20)38-4;1-14-13-28-23(29-18-5-4-6-19(20(18)25)36(3,33)34)30-21(14)16-7-8-17-15(16)9-10-26-22(17)31-24(32)27-11-12-35-2/h6,8-9,14-15,19,24H,5,7,10-13,16-17H2,1-4H3,(H,30,34,39)(H,31,32,33);6,8-9,14-15,21H,5,7,10-13H2,1-4H3,(H,28,32,37)(H,29,30,31);4-7,9-10,13H,8,11-12H2,1-3H3,(H,28,29,30)(H2,26,27,31,32). The number of sulfone groups is 1. The summed E-state index contributed by atoms with van der Waals surface area (Å²) in [6, 6.07) is 9.44. The lowest BCUT2D eigenvalue weighted by atomic mass is 10.0. The predicted molar refractivity (Wildman–Crippen MR) is 431 cm³/mol. The Hall–Kier alpha value is -11.7. The van der Waals surface area contributed by atoms with Gasteiger partial charge >= 0.3 is 6.03 Å². The first-order valence-electron chi connectivity index (χ1n) is 37.9. The van der Waals surface area contributed by atoms with Crippen molar-refractivity contribution in [2.45, 2.75) is 82.8 Å². The number of hydrogen-bond acceptors (Lipinski definition) is 27. The molecule has 3 aliphatic carbocycles. The number of piperazine rings is 2. The number of hydrogen-bond donors (Lipinski definition) is 7. The van der Waals surface area contributed by atoms with E-state index < -0.39 is 26.4 Å². The molecule has 0 bridgehead atoms. The lowest BCUT2D eigenvalue weighted by Crippen LogP contribution is -2.59. The summed E-state index contributed by atoms with van der Waals surface area (Å²) in [5, 5.41) is 29.2. The Morgan fingerprint density at radius 3 is 1.46 bits per heavy atom. The largest absolute Gasteiger partial charge is 0.478 e. The number of aromatic nitrogens is 13. The minimum Gasteiger partial charge on any atom is -0.478 e. The second kappa shape index (κ2) is 36.2. The number of pyridine rings is 3. The number of fused-ring (bicyclic) bond motifs is 3. The van der Waals surface area contributed by atoms with Crippen molar-refractivity contribution >= 4 is 96.8 Å². The molecule has 0 saturated carbocycles. The van der Waals surface area contributed by atoms with Gasteiger partial charge in [-0.1, -0.05) is 38.1 Å². The van der Waals surface area contributed by atoms with Crippen LogP contribution in [0.5, 0.6) is 11.8 Å². The van der Waals surface area contributed by atoms with Crippen molar-refractivity contribution in [1.29, 1.82) is 0 Å². The van der Waals surface area contributed by atoms with Crippen LogP contribution in [0.25, 0.3) is 16.7 Å². The maximum Gasteiger partial charge on any atom is 0.320 e. The van der Waals surface area contributed by atoms with Crippen molar-refractivity contribution in [3.63, 3.8) is 0 Å². The van der Waals surface area contributed by atoms with Crippen LogP contribution in [-0.2, 0) is 62.3 Å². The lowest BCUT2D eigenvalue weighted by molar-refractivity contribution is -0.124. The van der Waals surface area contributed by atoms with Crippen LogP contribution < -0.4 is 46.7 Å². The maximum atomic E-state index is 15.0. The normalized spacial score (nSPS) is 16.0.